The maximum atomic E-state index is 12.7. The number of amides is 1. The van der Waals surface area contributed by atoms with Gasteiger partial charge in [-0.25, -0.2) is 9.37 Å². The molecule has 4 nitrogen and oxygen atoms in total. The van der Waals surface area contributed by atoms with Gasteiger partial charge < -0.3 is 5.32 Å². The van der Waals surface area contributed by atoms with Gasteiger partial charge in [-0.15, -0.1) is 0 Å². The number of hydrogen-bond donors (Lipinski definition) is 1. The second-order valence-electron chi connectivity index (χ2n) is 2.02. The van der Waals surface area contributed by atoms with Crippen LogP contribution in [-0.2, 0) is 4.79 Å². The van der Waals surface area contributed by atoms with Gasteiger partial charge in [-0.3, -0.25) is 4.79 Å². The molecule has 1 amide bonds. The van der Waals surface area contributed by atoms with E-state index in [1.807, 2.05) is 0 Å². The lowest BCUT2D eigenvalue weighted by Gasteiger charge is -2.00. The number of carbonyl (C=O) groups is 1. The first kappa shape index (κ1) is 8.86. The van der Waals surface area contributed by atoms with Crippen LogP contribution < -0.4 is 5.32 Å². The molecule has 64 valence electrons. The Morgan fingerprint density at radius 3 is 3.00 bits per heavy atom. The lowest BCUT2D eigenvalue weighted by Crippen LogP contribution is -2.09. The van der Waals surface area contributed by atoms with E-state index in [0.717, 1.165) is 6.20 Å². The Bertz CT molecular complexity index is 318. The molecule has 0 saturated heterocycles. The van der Waals surface area contributed by atoms with E-state index in [-0.39, 0.29) is 11.1 Å². The predicted molar refractivity (Wildman–Crippen MR) is 41.3 cm³/mol. The molecule has 0 aliphatic heterocycles. The summed E-state index contributed by atoms with van der Waals surface area (Å²) in [4.78, 5) is 17.3. The minimum absolute atomic E-state index is 0.111. The van der Waals surface area contributed by atoms with Gasteiger partial charge in [0, 0.05) is 6.92 Å². The van der Waals surface area contributed by atoms with Gasteiger partial charge in [0.25, 0.3) is 0 Å². The first-order chi connectivity index (χ1) is 5.59. The normalized spacial score (nSPS) is 9.58. The molecule has 0 fully saturated rings. The van der Waals surface area contributed by atoms with Crippen molar-refractivity contribution in [1.29, 1.82) is 0 Å². The van der Waals surface area contributed by atoms with Crippen molar-refractivity contribution >= 4 is 23.3 Å². The maximum absolute atomic E-state index is 12.7. The van der Waals surface area contributed by atoms with E-state index < -0.39 is 11.7 Å². The van der Waals surface area contributed by atoms with Crippen LogP contribution in [0.5, 0.6) is 0 Å². The topological polar surface area (TPSA) is 54.9 Å². The predicted octanol–water partition coefficient (Wildman–Crippen LogP) is 1.23. The molecule has 0 atom stereocenters. The van der Waals surface area contributed by atoms with Crippen LogP contribution in [0.15, 0.2) is 6.20 Å². The average molecular weight is 190 g/mol. The Kier molecular flexibility index (Phi) is 2.54. The van der Waals surface area contributed by atoms with Gasteiger partial charge in [0.1, 0.15) is 0 Å². The van der Waals surface area contributed by atoms with Crippen LogP contribution >= 0.6 is 11.6 Å². The molecule has 0 bridgehead atoms. The van der Waals surface area contributed by atoms with Gasteiger partial charge in [0.2, 0.25) is 11.2 Å². The summed E-state index contributed by atoms with van der Waals surface area (Å²) in [5.74, 6) is -1.33. The van der Waals surface area contributed by atoms with E-state index in [1.165, 1.54) is 6.92 Å². The summed E-state index contributed by atoms with van der Waals surface area (Å²) in [7, 11) is 0. The van der Waals surface area contributed by atoms with Crippen molar-refractivity contribution in [2.75, 3.05) is 5.32 Å². The van der Waals surface area contributed by atoms with Crippen molar-refractivity contribution in [3.63, 3.8) is 0 Å². The van der Waals surface area contributed by atoms with Gasteiger partial charge in [0.15, 0.2) is 11.6 Å². The molecule has 0 aromatic carbocycles. The molecule has 1 N–H and O–H groups in total. The van der Waals surface area contributed by atoms with E-state index in [0.29, 0.717) is 0 Å². The number of aromatic nitrogens is 2. The van der Waals surface area contributed by atoms with E-state index >= 15 is 0 Å². The summed E-state index contributed by atoms with van der Waals surface area (Å²) in [6.45, 7) is 1.25. The molecule has 0 spiro atoms. The van der Waals surface area contributed by atoms with Crippen LogP contribution in [-0.4, -0.2) is 15.9 Å². The first-order valence-electron chi connectivity index (χ1n) is 3.05. The molecular weight excluding hydrogens is 185 g/mol. The zero-order chi connectivity index (χ0) is 9.14. The van der Waals surface area contributed by atoms with Gasteiger partial charge in [-0.2, -0.15) is 4.98 Å². The Morgan fingerprint density at radius 2 is 2.42 bits per heavy atom. The van der Waals surface area contributed by atoms with Crippen molar-refractivity contribution in [3.8, 4) is 0 Å². The van der Waals surface area contributed by atoms with Crippen molar-refractivity contribution in [2.24, 2.45) is 0 Å². The molecule has 0 aliphatic carbocycles. The number of rotatable bonds is 1. The lowest BCUT2D eigenvalue weighted by molar-refractivity contribution is -0.114. The van der Waals surface area contributed by atoms with Crippen molar-refractivity contribution in [3.05, 3.63) is 17.3 Å². The van der Waals surface area contributed by atoms with Crippen molar-refractivity contribution in [2.45, 2.75) is 6.92 Å². The third-order valence-electron chi connectivity index (χ3n) is 1.01. The quantitative estimate of drug-likeness (QED) is 0.676. The molecule has 1 heterocycles. The molecule has 0 radical (unpaired) electrons. The SMILES string of the molecule is CC(=O)Nc1nc(Cl)ncc1F. The largest absolute Gasteiger partial charge is 0.308 e. The van der Waals surface area contributed by atoms with Crippen LogP contribution in [0.3, 0.4) is 0 Å². The Morgan fingerprint density at radius 1 is 1.75 bits per heavy atom. The van der Waals surface area contributed by atoms with Crippen molar-refractivity contribution in [1.82, 2.24) is 9.97 Å². The lowest BCUT2D eigenvalue weighted by atomic mass is 10.5. The van der Waals surface area contributed by atoms with Gasteiger partial charge in [-0.05, 0) is 11.6 Å². The van der Waals surface area contributed by atoms with E-state index in [2.05, 4.69) is 15.3 Å². The van der Waals surface area contributed by atoms with E-state index in [4.69, 9.17) is 11.6 Å². The highest BCUT2D eigenvalue weighted by Gasteiger charge is 2.06. The second kappa shape index (κ2) is 3.44. The number of anilines is 1. The van der Waals surface area contributed by atoms with Gasteiger partial charge in [-0.1, -0.05) is 0 Å². The minimum atomic E-state index is -0.713. The summed E-state index contributed by atoms with van der Waals surface area (Å²) in [5.41, 5.74) is 0. The zero-order valence-electron chi connectivity index (χ0n) is 6.14. The van der Waals surface area contributed by atoms with Crippen LogP contribution in [0.4, 0.5) is 10.2 Å². The fourth-order valence-corrected chi connectivity index (χ4v) is 0.733. The molecule has 0 unspecified atom stereocenters. The third-order valence-corrected chi connectivity index (χ3v) is 1.19. The van der Waals surface area contributed by atoms with Gasteiger partial charge >= 0.3 is 0 Å². The number of carbonyl (C=O) groups excluding carboxylic acids is 1. The Hall–Kier alpha value is -1.23. The first-order valence-corrected chi connectivity index (χ1v) is 3.43. The number of nitrogens with zero attached hydrogens (tertiary/aromatic N) is 2. The summed E-state index contributed by atoms with van der Waals surface area (Å²) in [6, 6.07) is 0. The molecule has 12 heavy (non-hydrogen) atoms. The van der Waals surface area contributed by atoms with Gasteiger partial charge in [0.05, 0.1) is 6.20 Å². The standard InChI is InChI=1S/C6H5ClFN3O/c1-3(12)10-5-4(8)2-9-6(7)11-5/h2H,1H3,(H,9,10,11,12). The fraction of sp³-hybridized carbons (Fsp3) is 0.167. The molecule has 0 saturated carbocycles. The highest BCUT2D eigenvalue weighted by atomic mass is 35.5. The maximum Gasteiger partial charge on any atom is 0.224 e. The zero-order valence-corrected chi connectivity index (χ0v) is 6.89. The molecule has 6 heteroatoms. The summed E-state index contributed by atoms with van der Waals surface area (Å²) in [6.07, 6.45) is 0.889. The Balaban J connectivity index is 2.97. The number of halogens is 2. The highest BCUT2D eigenvalue weighted by molar-refractivity contribution is 6.28. The minimum Gasteiger partial charge on any atom is -0.308 e. The highest BCUT2D eigenvalue weighted by Crippen LogP contribution is 2.11. The van der Waals surface area contributed by atoms with Crippen LogP contribution in [0.25, 0.3) is 0 Å². The van der Waals surface area contributed by atoms with Crippen LogP contribution in [0, 0.1) is 5.82 Å². The number of hydrogen-bond acceptors (Lipinski definition) is 3. The monoisotopic (exact) mass is 189 g/mol. The molecule has 1 rings (SSSR count). The number of nitrogens with one attached hydrogen (secondary N) is 1. The summed E-state index contributed by atoms with van der Waals surface area (Å²) < 4.78 is 12.7. The molecule has 1 aromatic rings. The van der Waals surface area contributed by atoms with E-state index in [9.17, 15) is 9.18 Å². The smallest absolute Gasteiger partial charge is 0.224 e. The van der Waals surface area contributed by atoms with Crippen LogP contribution in [0.2, 0.25) is 5.28 Å². The second-order valence-corrected chi connectivity index (χ2v) is 2.35. The average Bonchev–Trinajstić information content (AvgIpc) is 1.96. The molecule has 1 aromatic heterocycles. The summed E-state index contributed by atoms with van der Waals surface area (Å²) in [5, 5.41) is 2.05. The molecular formula is C6H5ClFN3O. The molecule has 0 aliphatic rings. The Labute approximate surface area is 72.8 Å². The third kappa shape index (κ3) is 2.13. The van der Waals surface area contributed by atoms with Crippen LogP contribution in [0.1, 0.15) is 6.92 Å². The van der Waals surface area contributed by atoms with E-state index in [1.54, 1.807) is 0 Å². The summed E-state index contributed by atoms with van der Waals surface area (Å²) >= 11 is 5.36. The van der Waals surface area contributed by atoms with Crippen molar-refractivity contribution < 1.29 is 9.18 Å². The fourth-order valence-electron chi connectivity index (χ4n) is 0.600.